The van der Waals surface area contributed by atoms with Gasteiger partial charge in [-0.15, -0.1) is 6.58 Å². The molecule has 2 unspecified atom stereocenters. The number of rotatable bonds is 4. The van der Waals surface area contributed by atoms with Gasteiger partial charge in [0.25, 0.3) is 0 Å². The highest BCUT2D eigenvalue weighted by Gasteiger charge is 2.21. The van der Waals surface area contributed by atoms with E-state index < -0.39 is 0 Å². The summed E-state index contributed by atoms with van der Waals surface area (Å²) in [5.74, 6) is 0.626. The first-order chi connectivity index (χ1) is 6.77. The van der Waals surface area contributed by atoms with Crippen LogP contribution in [0.15, 0.2) is 24.8 Å². The fraction of sp³-hybridized carbons (Fsp3) is 0.583. The Hall–Kier alpha value is -1.05. The average Bonchev–Trinajstić information content (AvgIpc) is 2.19. The van der Waals surface area contributed by atoms with E-state index in [2.05, 4.69) is 18.7 Å². The van der Waals surface area contributed by atoms with Gasteiger partial charge in [0.1, 0.15) is 0 Å². The van der Waals surface area contributed by atoms with Crippen molar-refractivity contribution in [2.75, 3.05) is 6.61 Å². The fourth-order valence-corrected chi connectivity index (χ4v) is 1.84. The molecule has 0 saturated heterocycles. The zero-order valence-electron chi connectivity index (χ0n) is 8.74. The van der Waals surface area contributed by atoms with Crippen LogP contribution in [0.3, 0.4) is 0 Å². The van der Waals surface area contributed by atoms with E-state index in [0.29, 0.717) is 24.9 Å². The normalized spacial score (nSPS) is 25.8. The highest BCUT2D eigenvalue weighted by atomic mass is 16.5. The van der Waals surface area contributed by atoms with E-state index in [4.69, 9.17) is 4.74 Å². The summed E-state index contributed by atoms with van der Waals surface area (Å²) < 4.78 is 4.93. The van der Waals surface area contributed by atoms with E-state index in [1.165, 1.54) is 0 Å². The van der Waals surface area contributed by atoms with Gasteiger partial charge in [0, 0.05) is 0 Å². The van der Waals surface area contributed by atoms with Crippen molar-refractivity contribution >= 4 is 5.97 Å². The minimum Gasteiger partial charge on any atom is -0.466 e. The predicted octanol–water partition coefficient (Wildman–Crippen LogP) is 2.71. The molecule has 0 bridgehead atoms. The molecule has 0 aliphatic heterocycles. The van der Waals surface area contributed by atoms with Crippen molar-refractivity contribution in [3.8, 4) is 0 Å². The molecule has 2 atom stereocenters. The van der Waals surface area contributed by atoms with Crippen LogP contribution in [0, 0.1) is 11.8 Å². The Kier molecular flexibility index (Phi) is 4.44. The molecule has 2 nitrogen and oxygen atoms in total. The average molecular weight is 194 g/mol. The standard InChI is InChI=1S/C12H18O2/c1-3-10-7-5-6-8-11(10)9-12(13)14-4-2/h3,6,8,10-11H,1,4-5,7,9H2,2H3. The molecule has 0 heterocycles. The van der Waals surface area contributed by atoms with Crippen LogP contribution in [0.1, 0.15) is 26.2 Å². The van der Waals surface area contributed by atoms with Crippen LogP contribution >= 0.6 is 0 Å². The zero-order chi connectivity index (χ0) is 10.4. The predicted molar refractivity (Wildman–Crippen MR) is 56.8 cm³/mol. The molecule has 14 heavy (non-hydrogen) atoms. The first-order valence-corrected chi connectivity index (χ1v) is 5.22. The summed E-state index contributed by atoms with van der Waals surface area (Å²) in [7, 11) is 0. The number of hydrogen-bond acceptors (Lipinski definition) is 2. The molecule has 0 radical (unpaired) electrons. The van der Waals surface area contributed by atoms with Crippen molar-refractivity contribution in [2.45, 2.75) is 26.2 Å². The minimum absolute atomic E-state index is 0.101. The van der Waals surface area contributed by atoms with Crippen LogP contribution in [-0.2, 0) is 9.53 Å². The van der Waals surface area contributed by atoms with Crippen LogP contribution in [0.5, 0.6) is 0 Å². The molecule has 0 N–H and O–H groups in total. The SMILES string of the molecule is C=CC1CCC=CC1CC(=O)OCC. The van der Waals surface area contributed by atoms with Crippen molar-refractivity contribution < 1.29 is 9.53 Å². The third kappa shape index (κ3) is 3.02. The van der Waals surface area contributed by atoms with Crippen molar-refractivity contribution in [3.63, 3.8) is 0 Å². The van der Waals surface area contributed by atoms with E-state index in [0.717, 1.165) is 12.8 Å². The lowest BCUT2D eigenvalue weighted by atomic mass is 9.82. The Morgan fingerprint density at radius 2 is 2.50 bits per heavy atom. The van der Waals surface area contributed by atoms with Crippen LogP contribution in [0.2, 0.25) is 0 Å². The molecule has 2 heteroatoms. The molecule has 0 saturated carbocycles. The Morgan fingerprint density at radius 1 is 1.71 bits per heavy atom. The lowest BCUT2D eigenvalue weighted by molar-refractivity contribution is -0.144. The monoisotopic (exact) mass is 194 g/mol. The second-order valence-electron chi connectivity index (χ2n) is 3.58. The maximum Gasteiger partial charge on any atom is 0.306 e. The molecule has 1 rings (SSSR count). The largest absolute Gasteiger partial charge is 0.466 e. The summed E-state index contributed by atoms with van der Waals surface area (Å²) in [6.45, 7) is 6.10. The van der Waals surface area contributed by atoms with Crippen LogP contribution in [0.4, 0.5) is 0 Å². The van der Waals surface area contributed by atoms with E-state index in [1.54, 1.807) is 0 Å². The van der Waals surface area contributed by atoms with Crippen molar-refractivity contribution in [1.82, 2.24) is 0 Å². The summed E-state index contributed by atoms with van der Waals surface area (Å²) in [6, 6.07) is 0. The Bertz CT molecular complexity index is 230. The molecular formula is C12H18O2. The number of ether oxygens (including phenoxy) is 1. The van der Waals surface area contributed by atoms with Gasteiger partial charge in [-0.05, 0) is 31.6 Å². The number of hydrogen-bond donors (Lipinski definition) is 0. The highest BCUT2D eigenvalue weighted by molar-refractivity contribution is 5.70. The first kappa shape index (κ1) is 11.0. The van der Waals surface area contributed by atoms with Gasteiger partial charge in [0.05, 0.1) is 13.0 Å². The zero-order valence-corrected chi connectivity index (χ0v) is 8.74. The molecule has 0 fully saturated rings. The second kappa shape index (κ2) is 5.63. The van der Waals surface area contributed by atoms with Crippen molar-refractivity contribution in [1.29, 1.82) is 0 Å². The van der Waals surface area contributed by atoms with Gasteiger partial charge in [-0.1, -0.05) is 18.2 Å². The van der Waals surface area contributed by atoms with Crippen LogP contribution in [-0.4, -0.2) is 12.6 Å². The molecule has 78 valence electrons. The third-order valence-electron chi connectivity index (χ3n) is 2.61. The molecule has 0 aromatic heterocycles. The van der Waals surface area contributed by atoms with Gasteiger partial charge in [0.2, 0.25) is 0 Å². The van der Waals surface area contributed by atoms with Gasteiger partial charge < -0.3 is 4.74 Å². The minimum atomic E-state index is -0.101. The van der Waals surface area contributed by atoms with E-state index in [1.807, 2.05) is 13.0 Å². The molecule has 0 aromatic carbocycles. The Labute approximate surface area is 85.6 Å². The first-order valence-electron chi connectivity index (χ1n) is 5.22. The summed E-state index contributed by atoms with van der Waals surface area (Å²) >= 11 is 0. The highest BCUT2D eigenvalue weighted by Crippen LogP contribution is 2.28. The number of allylic oxidation sites excluding steroid dienone is 3. The van der Waals surface area contributed by atoms with Gasteiger partial charge >= 0.3 is 5.97 Å². The Morgan fingerprint density at radius 3 is 3.14 bits per heavy atom. The Balaban J connectivity index is 2.48. The number of carbonyl (C=O) groups is 1. The lowest BCUT2D eigenvalue weighted by Gasteiger charge is -2.23. The van der Waals surface area contributed by atoms with E-state index in [9.17, 15) is 4.79 Å². The lowest BCUT2D eigenvalue weighted by Crippen LogP contribution is -2.18. The van der Waals surface area contributed by atoms with Crippen LogP contribution < -0.4 is 0 Å². The second-order valence-corrected chi connectivity index (χ2v) is 3.58. The quantitative estimate of drug-likeness (QED) is 0.508. The van der Waals surface area contributed by atoms with Gasteiger partial charge in [-0.3, -0.25) is 4.79 Å². The van der Waals surface area contributed by atoms with E-state index >= 15 is 0 Å². The molecule has 0 amide bonds. The number of esters is 1. The summed E-state index contributed by atoms with van der Waals surface area (Å²) in [5.41, 5.74) is 0. The molecule has 1 aliphatic carbocycles. The molecule has 1 aliphatic rings. The summed E-state index contributed by atoms with van der Waals surface area (Å²) in [5, 5.41) is 0. The topological polar surface area (TPSA) is 26.3 Å². The fourth-order valence-electron chi connectivity index (χ4n) is 1.84. The third-order valence-corrected chi connectivity index (χ3v) is 2.61. The molecular weight excluding hydrogens is 176 g/mol. The van der Waals surface area contributed by atoms with Gasteiger partial charge in [0.15, 0.2) is 0 Å². The number of carbonyl (C=O) groups excluding carboxylic acids is 1. The van der Waals surface area contributed by atoms with E-state index in [-0.39, 0.29) is 5.97 Å². The van der Waals surface area contributed by atoms with Gasteiger partial charge in [-0.25, -0.2) is 0 Å². The molecule has 0 aromatic rings. The summed E-state index contributed by atoms with van der Waals surface area (Å²) in [6.07, 6.45) is 8.89. The maximum absolute atomic E-state index is 11.3. The van der Waals surface area contributed by atoms with Crippen molar-refractivity contribution in [2.24, 2.45) is 11.8 Å². The van der Waals surface area contributed by atoms with Gasteiger partial charge in [-0.2, -0.15) is 0 Å². The summed E-state index contributed by atoms with van der Waals surface area (Å²) in [4.78, 5) is 11.3. The van der Waals surface area contributed by atoms with Crippen LogP contribution in [0.25, 0.3) is 0 Å². The molecule has 0 spiro atoms. The maximum atomic E-state index is 11.3. The van der Waals surface area contributed by atoms with Crippen molar-refractivity contribution in [3.05, 3.63) is 24.8 Å². The smallest absolute Gasteiger partial charge is 0.306 e.